The van der Waals surface area contributed by atoms with Crippen LogP contribution in [0.5, 0.6) is 0 Å². The smallest absolute Gasteiger partial charge is 0.181 e. The number of aryl methyl sites for hydroxylation is 1. The van der Waals surface area contributed by atoms with E-state index in [4.69, 9.17) is 10.8 Å². The molecule has 1 rings (SSSR count). The fourth-order valence-corrected chi connectivity index (χ4v) is 2.90. The zero-order valence-corrected chi connectivity index (χ0v) is 8.71. The van der Waals surface area contributed by atoms with Gasteiger partial charge >= 0.3 is 0 Å². The van der Waals surface area contributed by atoms with Crippen LogP contribution in [0.1, 0.15) is 12.6 Å². The van der Waals surface area contributed by atoms with Crippen LogP contribution < -0.4 is 5.73 Å². The Kier molecular flexibility index (Phi) is 3.37. The van der Waals surface area contributed by atoms with E-state index in [2.05, 4.69) is 4.98 Å². The van der Waals surface area contributed by atoms with Crippen molar-refractivity contribution in [2.45, 2.75) is 23.3 Å². The van der Waals surface area contributed by atoms with Crippen molar-refractivity contribution in [1.82, 2.24) is 4.98 Å². The van der Waals surface area contributed by atoms with Crippen LogP contribution in [0.4, 0.5) is 5.13 Å². The predicted octanol–water partition coefficient (Wildman–Crippen LogP) is 1.51. The van der Waals surface area contributed by atoms with Gasteiger partial charge < -0.3 is 10.8 Å². The Morgan fingerprint density at radius 2 is 2.42 bits per heavy atom. The van der Waals surface area contributed by atoms with Crippen molar-refractivity contribution in [3.05, 3.63) is 5.69 Å². The van der Waals surface area contributed by atoms with Crippen LogP contribution in [0.3, 0.4) is 0 Å². The minimum absolute atomic E-state index is 0.182. The summed E-state index contributed by atoms with van der Waals surface area (Å²) in [5.74, 6) is 0. The van der Waals surface area contributed by atoms with Gasteiger partial charge in [-0.3, -0.25) is 0 Å². The minimum Gasteiger partial charge on any atom is -0.395 e. The van der Waals surface area contributed by atoms with Gasteiger partial charge in [0.1, 0.15) is 0 Å². The normalized spacial score (nSPS) is 13.2. The maximum absolute atomic E-state index is 8.83. The summed E-state index contributed by atoms with van der Waals surface area (Å²) in [7, 11) is 0. The molecule has 0 aliphatic heterocycles. The first-order valence-electron chi connectivity index (χ1n) is 3.64. The van der Waals surface area contributed by atoms with Crippen molar-refractivity contribution in [3.8, 4) is 0 Å². The van der Waals surface area contributed by atoms with Gasteiger partial charge in [-0.15, -0.1) is 11.8 Å². The summed E-state index contributed by atoms with van der Waals surface area (Å²) in [5, 5.41) is 9.63. The second kappa shape index (κ2) is 4.11. The van der Waals surface area contributed by atoms with Gasteiger partial charge in [-0.1, -0.05) is 18.3 Å². The first-order chi connectivity index (χ1) is 5.63. The number of hydrogen-bond donors (Lipinski definition) is 2. The van der Waals surface area contributed by atoms with Gasteiger partial charge in [0.05, 0.1) is 16.5 Å². The van der Waals surface area contributed by atoms with E-state index in [1.54, 1.807) is 11.8 Å². The first-order valence-corrected chi connectivity index (χ1v) is 5.33. The third-order valence-corrected chi connectivity index (χ3v) is 3.72. The Bertz CT molecular complexity index is 262. The van der Waals surface area contributed by atoms with Crippen molar-refractivity contribution >= 4 is 28.2 Å². The molecule has 0 aliphatic rings. The molecule has 0 fully saturated rings. The Morgan fingerprint density at radius 3 is 2.83 bits per heavy atom. The highest BCUT2D eigenvalue weighted by atomic mass is 32.2. The lowest BCUT2D eigenvalue weighted by Crippen LogP contribution is -2.00. The monoisotopic (exact) mass is 204 g/mol. The highest BCUT2D eigenvalue weighted by Gasteiger charge is 2.09. The van der Waals surface area contributed by atoms with Gasteiger partial charge in [-0.25, -0.2) is 4.98 Å². The zero-order chi connectivity index (χ0) is 9.14. The van der Waals surface area contributed by atoms with E-state index in [-0.39, 0.29) is 11.9 Å². The number of aromatic nitrogens is 1. The fraction of sp³-hybridized carbons (Fsp3) is 0.571. The molecule has 5 heteroatoms. The number of aliphatic hydroxyl groups is 1. The van der Waals surface area contributed by atoms with Crippen LogP contribution in [0.25, 0.3) is 0 Å². The topological polar surface area (TPSA) is 59.1 Å². The number of thiazole rings is 1. The molecule has 1 aromatic rings. The molecule has 1 aromatic heterocycles. The van der Waals surface area contributed by atoms with Crippen LogP contribution in [0, 0.1) is 6.92 Å². The molecule has 3 N–H and O–H groups in total. The van der Waals surface area contributed by atoms with Crippen molar-refractivity contribution in [1.29, 1.82) is 0 Å². The summed E-state index contributed by atoms with van der Waals surface area (Å²) in [6.45, 7) is 4.08. The zero-order valence-electron chi connectivity index (χ0n) is 7.07. The number of nitrogen functional groups attached to an aromatic ring is 1. The van der Waals surface area contributed by atoms with Crippen molar-refractivity contribution in [2.75, 3.05) is 12.3 Å². The average molecular weight is 204 g/mol. The number of hydrogen-bond acceptors (Lipinski definition) is 5. The standard InChI is InChI=1S/C7H12N2OS2/c1-4(3-10)11-6-5(2)9-7(8)12-6/h4,10H,3H2,1-2H3,(H2,8,9). The largest absolute Gasteiger partial charge is 0.395 e. The number of aliphatic hydroxyl groups excluding tert-OH is 1. The summed E-state index contributed by atoms with van der Waals surface area (Å²) in [6, 6.07) is 0. The molecule has 0 radical (unpaired) electrons. The van der Waals surface area contributed by atoms with E-state index in [0.717, 1.165) is 9.90 Å². The van der Waals surface area contributed by atoms with Gasteiger partial charge in [0.15, 0.2) is 5.13 Å². The third-order valence-electron chi connectivity index (χ3n) is 1.34. The van der Waals surface area contributed by atoms with Crippen LogP contribution >= 0.6 is 23.1 Å². The molecule has 0 aromatic carbocycles. The molecule has 0 saturated carbocycles. The maximum Gasteiger partial charge on any atom is 0.181 e. The summed E-state index contributed by atoms with van der Waals surface area (Å²) >= 11 is 3.09. The number of anilines is 1. The van der Waals surface area contributed by atoms with Gasteiger partial charge in [-0.2, -0.15) is 0 Å². The summed E-state index contributed by atoms with van der Waals surface area (Å²) in [6.07, 6.45) is 0. The van der Waals surface area contributed by atoms with Crippen molar-refractivity contribution < 1.29 is 5.11 Å². The molecule has 1 heterocycles. The van der Waals surface area contributed by atoms with Crippen molar-refractivity contribution in [3.63, 3.8) is 0 Å². The Labute approximate surface area is 80.0 Å². The Morgan fingerprint density at radius 1 is 1.75 bits per heavy atom. The van der Waals surface area contributed by atoms with Crippen LogP contribution in [-0.2, 0) is 0 Å². The van der Waals surface area contributed by atoms with Crippen LogP contribution in [0.15, 0.2) is 4.21 Å². The number of rotatable bonds is 3. The highest BCUT2D eigenvalue weighted by molar-refractivity contribution is 8.01. The first kappa shape index (κ1) is 9.83. The van der Waals surface area contributed by atoms with E-state index in [9.17, 15) is 0 Å². The molecular weight excluding hydrogens is 192 g/mol. The fourth-order valence-electron chi connectivity index (χ4n) is 0.732. The molecule has 68 valence electrons. The predicted molar refractivity (Wildman–Crippen MR) is 53.7 cm³/mol. The molecule has 1 unspecified atom stereocenters. The van der Waals surface area contributed by atoms with Crippen LogP contribution in [0.2, 0.25) is 0 Å². The van der Waals surface area contributed by atoms with E-state index >= 15 is 0 Å². The quantitative estimate of drug-likeness (QED) is 0.733. The minimum atomic E-state index is 0.182. The summed E-state index contributed by atoms with van der Waals surface area (Å²) in [5.41, 5.74) is 6.49. The van der Waals surface area contributed by atoms with E-state index in [1.165, 1.54) is 11.3 Å². The van der Waals surface area contributed by atoms with E-state index in [1.807, 2.05) is 13.8 Å². The molecular formula is C7H12N2OS2. The van der Waals surface area contributed by atoms with Gasteiger partial charge in [0.25, 0.3) is 0 Å². The second-order valence-electron chi connectivity index (χ2n) is 2.54. The molecule has 0 saturated heterocycles. The Hall–Kier alpha value is -0.260. The maximum atomic E-state index is 8.83. The molecule has 3 nitrogen and oxygen atoms in total. The molecule has 1 atom stereocenters. The third kappa shape index (κ3) is 2.36. The van der Waals surface area contributed by atoms with E-state index < -0.39 is 0 Å². The Balaban J connectivity index is 2.68. The molecule has 0 bridgehead atoms. The van der Waals surface area contributed by atoms with Gasteiger partial charge in [0.2, 0.25) is 0 Å². The lowest BCUT2D eigenvalue weighted by Gasteiger charge is -2.04. The van der Waals surface area contributed by atoms with Crippen LogP contribution in [-0.4, -0.2) is 21.9 Å². The SMILES string of the molecule is Cc1nc(N)sc1SC(C)CO. The second-order valence-corrected chi connectivity index (χ2v) is 5.27. The van der Waals surface area contributed by atoms with Crippen molar-refractivity contribution in [2.24, 2.45) is 0 Å². The van der Waals surface area contributed by atoms with E-state index in [0.29, 0.717) is 5.13 Å². The number of nitrogens with zero attached hydrogens (tertiary/aromatic N) is 1. The van der Waals surface area contributed by atoms with Gasteiger partial charge in [-0.05, 0) is 6.92 Å². The molecule has 0 amide bonds. The molecule has 0 spiro atoms. The lowest BCUT2D eigenvalue weighted by atomic mass is 10.5. The van der Waals surface area contributed by atoms with Gasteiger partial charge in [0, 0.05) is 5.25 Å². The number of thioether (sulfide) groups is 1. The highest BCUT2D eigenvalue weighted by Crippen LogP contribution is 2.32. The number of nitrogens with two attached hydrogens (primary N) is 1. The summed E-state index contributed by atoms with van der Waals surface area (Å²) in [4.78, 5) is 4.09. The average Bonchev–Trinajstić information content (AvgIpc) is 2.30. The lowest BCUT2D eigenvalue weighted by molar-refractivity contribution is 0.300. The molecule has 12 heavy (non-hydrogen) atoms. The molecule has 0 aliphatic carbocycles. The summed E-state index contributed by atoms with van der Waals surface area (Å²) < 4.78 is 1.11.